The maximum Gasteiger partial charge on any atom is 0.111 e. The summed E-state index contributed by atoms with van der Waals surface area (Å²) in [7, 11) is 0. The first-order valence-electron chi connectivity index (χ1n) is 3.78. The van der Waals surface area contributed by atoms with Crippen molar-refractivity contribution in [1.29, 1.82) is 0 Å². The average molecular weight is 296 g/mol. The highest BCUT2D eigenvalue weighted by atomic mass is 127. The fraction of sp³-hybridized carbons (Fsp3) is 0.625. The lowest BCUT2D eigenvalue weighted by Gasteiger charge is -2.24. The lowest BCUT2D eigenvalue weighted by molar-refractivity contribution is 0.326. The summed E-state index contributed by atoms with van der Waals surface area (Å²) in [6.07, 6.45) is 1.87. The van der Waals surface area contributed by atoms with Crippen molar-refractivity contribution >= 4 is 33.9 Å². The summed E-state index contributed by atoms with van der Waals surface area (Å²) < 4.78 is 1.20. The van der Waals surface area contributed by atoms with Gasteiger partial charge in [0.2, 0.25) is 0 Å². The molecule has 0 fully saturated rings. The zero-order valence-corrected chi connectivity index (χ0v) is 10.4. The minimum atomic E-state index is 0.0472. The Labute approximate surface area is 90.7 Å². The van der Waals surface area contributed by atoms with Crippen molar-refractivity contribution in [3.05, 3.63) is 14.1 Å². The van der Waals surface area contributed by atoms with Gasteiger partial charge in [-0.25, -0.2) is 4.98 Å². The summed E-state index contributed by atoms with van der Waals surface area (Å²) in [6.45, 7) is 6.39. The zero-order chi connectivity index (χ0) is 9.35. The fourth-order valence-electron chi connectivity index (χ4n) is 0.781. The van der Waals surface area contributed by atoms with Gasteiger partial charge in [0.25, 0.3) is 0 Å². The van der Waals surface area contributed by atoms with Crippen molar-refractivity contribution in [2.24, 2.45) is 11.1 Å². The van der Waals surface area contributed by atoms with Crippen molar-refractivity contribution < 1.29 is 0 Å². The van der Waals surface area contributed by atoms with Gasteiger partial charge >= 0.3 is 0 Å². The molecule has 2 N–H and O–H groups in total. The van der Waals surface area contributed by atoms with E-state index >= 15 is 0 Å². The molecular weight excluding hydrogens is 283 g/mol. The smallest absolute Gasteiger partial charge is 0.111 e. The van der Waals surface area contributed by atoms with E-state index in [1.165, 1.54) is 2.88 Å². The van der Waals surface area contributed by atoms with Gasteiger partial charge in [0.15, 0.2) is 0 Å². The molecule has 1 atom stereocenters. The zero-order valence-electron chi connectivity index (χ0n) is 7.47. The number of halogens is 1. The number of nitrogens with zero attached hydrogens (tertiary/aromatic N) is 1. The van der Waals surface area contributed by atoms with Gasteiger partial charge in [0.1, 0.15) is 5.01 Å². The highest BCUT2D eigenvalue weighted by molar-refractivity contribution is 14.1. The second-order valence-corrected chi connectivity index (χ2v) is 6.80. The monoisotopic (exact) mass is 296 g/mol. The van der Waals surface area contributed by atoms with E-state index in [-0.39, 0.29) is 11.5 Å². The van der Waals surface area contributed by atoms with Crippen LogP contribution in [0.2, 0.25) is 0 Å². The molecule has 1 aromatic heterocycles. The van der Waals surface area contributed by atoms with Gasteiger partial charge in [-0.15, -0.1) is 11.3 Å². The van der Waals surface area contributed by atoms with E-state index in [0.29, 0.717) is 0 Å². The molecule has 0 spiro atoms. The second-order valence-electron chi connectivity index (χ2n) is 3.85. The van der Waals surface area contributed by atoms with Gasteiger partial charge in [0, 0.05) is 0 Å². The summed E-state index contributed by atoms with van der Waals surface area (Å²) in [5.74, 6) is 0. The molecule has 1 rings (SSSR count). The van der Waals surface area contributed by atoms with E-state index in [1.54, 1.807) is 11.3 Å². The molecule has 0 aromatic carbocycles. The first-order valence-corrected chi connectivity index (χ1v) is 5.67. The molecule has 1 aromatic rings. The van der Waals surface area contributed by atoms with Gasteiger partial charge in [-0.3, -0.25) is 0 Å². The van der Waals surface area contributed by atoms with Crippen LogP contribution in [0, 0.1) is 8.30 Å². The van der Waals surface area contributed by atoms with Crippen LogP contribution >= 0.6 is 33.9 Å². The molecule has 0 bridgehead atoms. The highest BCUT2D eigenvalue weighted by Gasteiger charge is 2.24. The first kappa shape index (κ1) is 10.4. The van der Waals surface area contributed by atoms with Crippen LogP contribution in [-0.2, 0) is 0 Å². The van der Waals surface area contributed by atoms with Crippen LogP contribution in [0.5, 0.6) is 0 Å². The normalized spacial score (nSPS) is 14.8. The Bertz CT molecular complexity index is 264. The fourth-order valence-corrected chi connectivity index (χ4v) is 2.49. The van der Waals surface area contributed by atoms with E-state index in [4.69, 9.17) is 5.73 Å². The van der Waals surface area contributed by atoms with Gasteiger partial charge < -0.3 is 5.73 Å². The van der Waals surface area contributed by atoms with Crippen molar-refractivity contribution in [3.8, 4) is 0 Å². The number of hydrogen-bond acceptors (Lipinski definition) is 3. The van der Waals surface area contributed by atoms with Gasteiger partial charge in [-0.1, -0.05) is 20.8 Å². The Hall–Kier alpha value is 0.320. The Morgan fingerprint density at radius 1 is 1.58 bits per heavy atom. The third-order valence-corrected chi connectivity index (χ3v) is 3.50. The minimum absolute atomic E-state index is 0.0472. The van der Waals surface area contributed by atoms with Gasteiger partial charge in [-0.05, 0) is 28.0 Å². The average Bonchev–Trinajstić information content (AvgIpc) is 2.32. The number of thiazole rings is 1. The quantitative estimate of drug-likeness (QED) is 0.809. The number of hydrogen-bond donors (Lipinski definition) is 1. The Morgan fingerprint density at radius 3 is 2.50 bits per heavy atom. The highest BCUT2D eigenvalue weighted by Crippen LogP contribution is 2.32. The SMILES string of the molecule is CC(C)(C)C(N)c1ncc(I)s1. The molecule has 12 heavy (non-hydrogen) atoms. The molecule has 68 valence electrons. The molecule has 0 radical (unpaired) electrons. The van der Waals surface area contributed by atoms with Crippen LogP contribution in [0.4, 0.5) is 0 Å². The van der Waals surface area contributed by atoms with E-state index < -0.39 is 0 Å². The Balaban J connectivity index is 2.85. The van der Waals surface area contributed by atoms with E-state index in [9.17, 15) is 0 Å². The summed E-state index contributed by atoms with van der Waals surface area (Å²) >= 11 is 3.94. The maximum atomic E-state index is 6.03. The Kier molecular flexibility index (Phi) is 3.11. The molecule has 0 aliphatic heterocycles. The predicted octanol–water partition coefficient (Wildman–Crippen LogP) is 2.79. The van der Waals surface area contributed by atoms with Crippen molar-refractivity contribution in [2.75, 3.05) is 0 Å². The lowest BCUT2D eigenvalue weighted by Crippen LogP contribution is -2.25. The summed E-state index contributed by atoms with van der Waals surface area (Å²) in [5.41, 5.74) is 6.13. The lowest BCUT2D eigenvalue weighted by atomic mass is 9.88. The maximum absolute atomic E-state index is 6.03. The number of aromatic nitrogens is 1. The van der Waals surface area contributed by atoms with Crippen LogP contribution in [0.3, 0.4) is 0 Å². The van der Waals surface area contributed by atoms with Crippen molar-refractivity contribution in [1.82, 2.24) is 4.98 Å². The Morgan fingerprint density at radius 2 is 2.17 bits per heavy atom. The van der Waals surface area contributed by atoms with Crippen LogP contribution in [0.25, 0.3) is 0 Å². The summed E-state index contributed by atoms with van der Waals surface area (Å²) in [5, 5.41) is 1.03. The van der Waals surface area contributed by atoms with E-state index in [0.717, 1.165) is 5.01 Å². The van der Waals surface area contributed by atoms with Crippen LogP contribution in [0.1, 0.15) is 31.8 Å². The van der Waals surface area contributed by atoms with E-state index in [2.05, 4.69) is 48.3 Å². The minimum Gasteiger partial charge on any atom is -0.322 e. The van der Waals surface area contributed by atoms with Crippen molar-refractivity contribution in [3.63, 3.8) is 0 Å². The molecule has 0 saturated carbocycles. The standard InChI is InChI=1S/C8H13IN2S/c1-8(2,3)6(10)7-11-4-5(9)12-7/h4,6H,10H2,1-3H3. The third-order valence-electron chi connectivity index (χ3n) is 1.69. The second kappa shape index (κ2) is 3.59. The molecule has 0 aliphatic carbocycles. The molecular formula is C8H13IN2S. The topological polar surface area (TPSA) is 38.9 Å². The summed E-state index contributed by atoms with van der Waals surface area (Å²) in [4.78, 5) is 4.27. The number of nitrogens with two attached hydrogens (primary N) is 1. The summed E-state index contributed by atoms with van der Waals surface area (Å²) in [6, 6.07) is 0.0472. The van der Waals surface area contributed by atoms with Crippen LogP contribution in [0.15, 0.2) is 6.20 Å². The molecule has 0 aliphatic rings. The largest absolute Gasteiger partial charge is 0.322 e. The van der Waals surface area contributed by atoms with Crippen LogP contribution in [-0.4, -0.2) is 4.98 Å². The third kappa shape index (κ3) is 2.40. The molecule has 2 nitrogen and oxygen atoms in total. The first-order chi connectivity index (χ1) is 5.41. The predicted molar refractivity (Wildman–Crippen MR) is 61.2 cm³/mol. The molecule has 1 heterocycles. The van der Waals surface area contributed by atoms with E-state index in [1.807, 2.05) is 6.20 Å². The van der Waals surface area contributed by atoms with Crippen LogP contribution < -0.4 is 5.73 Å². The van der Waals surface area contributed by atoms with Crippen molar-refractivity contribution in [2.45, 2.75) is 26.8 Å². The van der Waals surface area contributed by atoms with Gasteiger partial charge in [-0.2, -0.15) is 0 Å². The molecule has 0 saturated heterocycles. The van der Waals surface area contributed by atoms with Gasteiger partial charge in [0.05, 0.1) is 15.1 Å². The molecule has 1 unspecified atom stereocenters. The molecule has 0 amide bonds. The number of rotatable bonds is 1. The molecule has 4 heteroatoms.